The topological polar surface area (TPSA) is 39.1 Å². The van der Waals surface area contributed by atoms with Crippen LogP contribution in [0.5, 0.6) is 0 Å². The van der Waals surface area contributed by atoms with Crippen LogP contribution in [-0.4, -0.2) is 29.5 Å². The van der Waals surface area contributed by atoms with Crippen LogP contribution in [0.1, 0.15) is 19.0 Å². The van der Waals surface area contributed by atoms with E-state index >= 15 is 0 Å². The van der Waals surface area contributed by atoms with Gasteiger partial charge in [-0.05, 0) is 19.4 Å². The van der Waals surface area contributed by atoms with Crippen LogP contribution in [0.15, 0.2) is 24.3 Å². The van der Waals surface area contributed by atoms with E-state index in [1.54, 1.807) is 7.11 Å². The minimum atomic E-state index is 0.436. The highest BCUT2D eigenvalue weighted by atomic mass is 16.5. The van der Waals surface area contributed by atoms with E-state index < -0.39 is 0 Å². The van der Waals surface area contributed by atoms with E-state index in [0.717, 1.165) is 25.3 Å². The molecule has 98 valence electrons. The monoisotopic (exact) mass is 247 g/mol. The third-order valence-corrected chi connectivity index (χ3v) is 3.21. The summed E-state index contributed by atoms with van der Waals surface area (Å²) in [7, 11) is 3.72. The maximum absolute atomic E-state index is 5.08. The molecule has 2 rings (SSSR count). The van der Waals surface area contributed by atoms with Gasteiger partial charge in [0, 0.05) is 38.7 Å². The Morgan fingerprint density at radius 2 is 2.17 bits per heavy atom. The SMILES string of the molecule is COCCC(C)NCc1nn(C)c2ccccc12. The Labute approximate surface area is 108 Å². The van der Waals surface area contributed by atoms with Crippen molar-refractivity contribution in [2.45, 2.75) is 25.9 Å². The van der Waals surface area contributed by atoms with E-state index in [1.165, 1.54) is 10.9 Å². The number of hydrogen-bond acceptors (Lipinski definition) is 3. The highest BCUT2D eigenvalue weighted by molar-refractivity contribution is 5.81. The fraction of sp³-hybridized carbons (Fsp3) is 0.500. The smallest absolute Gasteiger partial charge is 0.0841 e. The first-order valence-electron chi connectivity index (χ1n) is 6.35. The molecule has 0 spiro atoms. The number of hydrogen-bond donors (Lipinski definition) is 1. The molecule has 18 heavy (non-hydrogen) atoms. The molecule has 2 aromatic rings. The first-order valence-corrected chi connectivity index (χ1v) is 6.35. The molecule has 1 atom stereocenters. The van der Waals surface area contributed by atoms with Crippen LogP contribution in [0.3, 0.4) is 0 Å². The maximum atomic E-state index is 5.08. The van der Waals surface area contributed by atoms with Crippen LogP contribution in [0.2, 0.25) is 0 Å². The molecule has 0 radical (unpaired) electrons. The number of rotatable bonds is 6. The van der Waals surface area contributed by atoms with Crippen LogP contribution < -0.4 is 5.32 Å². The predicted molar refractivity (Wildman–Crippen MR) is 73.5 cm³/mol. The van der Waals surface area contributed by atoms with Crippen molar-refractivity contribution in [1.29, 1.82) is 0 Å². The minimum absolute atomic E-state index is 0.436. The van der Waals surface area contributed by atoms with Gasteiger partial charge >= 0.3 is 0 Å². The molecule has 0 fully saturated rings. The van der Waals surface area contributed by atoms with Gasteiger partial charge in [0.2, 0.25) is 0 Å². The molecule has 1 aromatic carbocycles. The van der Waals surface area contributed by atoms with Crippen molar-refractivity contribution in [3.63, 3.8) is 0 Å². The number of fused-ring (bicyclic) bond motifs is 1. The molecule has 0 saturated carbocycles. The minimum Gasteiger partial charge on any atom is -0.385 e. The van der Waals surface area contributed by atoms with Crippen molar-refractivity contribution >= 4 is 10.9 Å². The number of para-hydroxylation sites is 1. The Hall–Kier alpha value is -1.39. The average Bonchev–Trinajstić information content (AvgIpc) is 2.71. The van der Waals surface area contributed by atoms with Crippen LogP contribution in [0.4, 0.5) is 0 Å². The summed E-state index contributed by atoms with van der Waals surface area (Å²) in [5.41, 5.74) is 2.29. The van der Waals surface area contributed by atoms with Crippen molar-refractivity contribution in [2.24, 2.45) is 7.05 Å². The van der Waals surface area contributed by atoms with Crippen molar-refractivity contribution in [3.8, 4) is 0 Å². The van der Waals surface area contributed by atoms with E-state index in [2.05, 4.69) is 35.5 Å². The molecule has 1 unspecified atom stereocenters. The molecule has 4 heteroatoms. The Bertz CT molecular complexity index is 507. The van der Waals surface area contributed by atoms with Gasteiger partial charge in [-0.2, -0.15) is 5.10 Å². The zero-order chi connectivity index (χ0) is 13.0. The van der Waals surface area contributed by atoms with Crippen LogP contribution in [0.25, 0.3) is 10.9 Å². The molecule has 1 aromatic heterocycles. The Balaban J connectivity index is 2.03. The summed E-state index contributed by atoms with van der Waals surface area (Å²) >= 11 is 0. The summed E-state index contributed by atoms with van der Waals surface area (Å²) in [5, 5.41) is 9.28. The average molecular weight is 247 g/mol. The summed E-state index contributed by atoms with van der Waals surface area (Å²) in [5.74, 6) is 0. The molecule has 0 amide bonds. The molecule has 0 aliphatic rings. The second kappa shape index (κ2) is 5.98. The van der Waals surface area contributed by atoms with Gasteiger partial charge in [0.25, 0.3) is 0 Å². The second-order valence-electron chi connectivity index (χ2n) is 4.65. The predicted octanol–water partition coefficient (Wildman–Crippen LogP) is 2.09. The van der Waals surface area contributed by atoms with Crippen molar-refractivity contribution in [3.05, 3.63) is 30.0 Å². The van der Waals surface area contributed by atoms with Gasteiger partial charge < -0.3 is 10.1 Å². The van der Waals surface area contributed by atoms with E-state index in [0.29, 0.717) is 6.04 Å². The fourth-order valence-electron chi connectivity index (χ4n) is 2.09. The Morgan fingerprint density at radius 1 is 1.39 bits per heavy atom. The first-order chi connectivity index (χ1) is 8.72. The van der Waals surface area contributed by atoms with Gasteiger partial charge in [0.15, 0.2) is 0 Å². The molecule has 0 aliphatic heterocycles. The molecule has 1 N–H and O–H groups in total. The molecular weight excluding hydrogens is 226 g/mol. The largest absolute Gasteiger partial charge is 0.385 e. The Kier molecular flexibility index (Phi) is 4.33. The summed E-state index contributed by atoms with van der Waals surface area (Å²) in [6.45, 7) is 3.76. The molecular formula is C14H21N3O. The third kappa shape index (κ3) is 2.89. The van der Waals surface area contributed by atoms with Crippen LogP contribution >= 0.6 is 0 Å². The van der Waals surface area contributed by atoms with E-state index in [-0.39, 0.29) is 0 Å². The maximum Gasteiger partial charge on any atom is 0.0841 e. The number of aromatic nitrogens is 2. The van der Waals surface area contributed by atoms with Gasteiger partial charge in [0.1, 0.15) is 0 Å². The normalized spacial score (nSPS) is 13.1. The summed E-state index contributed by atoms with van der Waals surface area (Å²) < 4.78 is 7.02. The fourth-order valence-corrected chi connectivity index (χ4v) is 2.09. The van der Waals surface area contributed by atoms with Crippen molar-refractivity contribution in [2.75, 3.05) is 13.7 Å². The first kappa shape index (κ1) is 13.1. The third-order valence-electron chi connectivity index (χ3n) is 3.21. The van der Waals surface area contributed by atoms with Gasteiger partial charge in [0.05, 0.1) is 11.2 Å². The number of methoxy groups -OCH3 is 1. The number of nitrogens with zero attached hydrogens (tertiary/aromatic N) is 2. The number of ether oxygens (including phenoxy) is 1. The quantitative estimate of drug-likeness (QED) is 0.849. The zero-order valence-electron chi connectivity index (χ0n) is 11.3. The van der Waals surface area contributed by atoms with E-state index in [4.69, 9.17) is 4.74 Å². The van der Waals surface area contributed by atoms with Gasteiger partial charge in [-0.15, -0.1) is 0 Å². The van der Waals surface area contributed by atoms with Gasteiger partial charge in [-0.1, -0.05) is 18.2 Å². The molecule has 0 aliphatic carbocycles. The lowest BCUT2D eigenvalue weighted by molar-refractivity contribution is 0.184. The lowest BCUT2D eigenvalue weighted by Gasteiger charge is -2.12. The highest BCUT2D eigenvalue weighted by Gasteiger charge is 2.08. The molecule has 1 heterocycles. The number of nitrogens with one attached hydrogen (secondary N) is 1. The lowest BCUT2D eigenvalue weighted by atomic mass is 10.2. The number of benzene rings is 1. The summed E-state index contributed by atoms with van der Waals surface area (Å²) in [6, 6.07) is 8.76. The van der Waals surface area contributed by atoms with Gasteiger partial charge in [-0.3, -0.25) is 4.68 Å². The van der Waals surface area contributed by atoms with Crippen LogP contribution in [-0.2, 0) is 18.3 Å². The standard InChI is InChI=1S/C14H21N3O/c1-11(8-9-18-3)15-10-13-12-6-4-5-7-14(12)17(2)16-13/h4-7,11,15H,8-10H2,1-3H3. The molecule has 0 saturated heterocycles. The molecule has 4 nitrogen and oxygen atoms in total. The van der Waals surface area contributed by atoms with Crippen molar-refractivity contribution in [1.82, 2.24) is 15.1 Å². The Morgan fingerprint density at radius 3 is 2.94 bits per heavy atom. The highest BCUT2D eigenvalue weighted by Crippen LogP contribution is 2.17. The summed E-state index contributed by atoms with van der Waals surface area (Å²) in [6.07, 6.45) is 1.02. The van der Waals surface area contributed by atoms with Gasteiger partial charge in [-0.25, -0.2) is 0 Å². The number of aryl methyl sites for hydroxylation is 1. The van der Waals surface area contributed by atoms with E-state index in [9.17, 15) is 0 Å². The zero-order valence-corrected chi connectivity index (χ0v) is 11.3. The summed E-state index contributed by atoms with van der Waals surface area (Å²) in [4.78, 5) is 0. The lowest BCUT2D eigenvalue weighted by Crippen LogP contribution is -2.26. The van der Waals surface area contributed by atoms with Crippen molar-refractivity contribution < 1.29 is 4.74 Å². The molecule has 0 bridgehead atoms. The van der Waals surface area contributed by atoms with Crippen LogP contribution in [0, 0.1) is 0 Å². The van der Waals surface area contributed by atoms with E-state index in [1.807, 2.05) is 17.8 Å². The second-order valence-corrected chi connectivity index (χ2v) is 4.65.